The van der Waals surface area contributed by atoms with Crippen molar-refractivity contribution < 1.29 is 22.8 Å². The van der Waals surface area contributed by atoms with Gasteiger partial charge in [0.1, 0.15) is 22.9 Å². The summed E-state index contributed by atoms with van der Waals surface area (Å²) in [6, 6.07) is 14.7. The van der Waals surface area contributed by atoms with Crippen molar-refractivity contribution in [3.8, 4) is 17.2 Å². The standard InChI is InChI=1S/C50H48F2N10O5/c1-25-16-33(17-26(2)42(25)51)62-44(58-14-13-57(48(58)65)38-11-10-37-34(43(38)52)24-53-61(37)31-7-8-31)41-35(55-62)20-32-21-39(41)59(32)45(63)40-19-30-18-28(29-12-15-66-49(4,5)23-29)6-9-36(30)60(40)50(22-27(50)3)46-54-47(64)67-56-46/h6,9-11,13-14,16-19,24,27,29,31-32,39H,7-8,12,15,20-23H2,1-5H3,(H,54,56,64). The Kier molecular flexibility index (Phi) is 8.35. The molecule has 342 valence electrons. The van der Waals surface area contributed by atoms with Crippen LogP contribution >= 0.6 is 0 Å². The summed E-state index contributed by atoms with van der Waals surface area (Å²) in [4.78, 5) is 47.6. The van der Waals surface area contributed by atoms with Gasteiger partial charge in [0.25, 0.3) is 5.91 Å². The van der Waals surface area contributed by atoms with Gasteiger partial charge in [-0.15, -0.1) is 0 Å². The number of nitrogens with zero attached hydrogens (tertiary/aromatic N) is 9. The number of aromatic amines is 1. The van der Waals surface area contributed by atoms with E-state index in [9.17, 15) is 9.59 Å². The number of carbonyl (C=O) groups is 1. The summed E-state index contributed by atoms with van der Waals surface area (Å²) in [6.45, 7) is 10.3. The zero-order chi connectivity index (χ0) is 46.0. The number of ether oxygens (including phenoxy) is 1. The average Bonchev–Trinajstić information content (AvgIpc) is 3.82. The second-order valence-electron chi connectivity index (χ2n) is 20.2. The molecule has 5 aromatic heterocycles. The van der Waals surface area contributed by atoms with Crippen molar-refractivity contribution in [3.05, 3.63) is 139 Å². The Balaban J connectivity index is 0.949. The molecule has 5 aliphatic rings. The first-order chi connectivity index (χ1) is 32.2. The number of benzene rings is 3. The van der Waals surface area contributed by atoms with Crippen LogP contribution in [0.3, 0.4) is 0 Å². The van der Waals surface area contributed by atoms with Gasteiger partial charge in [-0.05, 0) is 137 Å². The van der Waals surface area contributed by atoms with Crippen molar-refractivity contribution in [3.63, 3.8) is 0 Å². The number of aromatic nitrogens is 9. The van der Waals surface area contributed by atoms with Gasteiger partial charge >= 0.3 is 11.4 Å². The molecule has 5 atom stereocenters. The largest absolute Gasteiger partial charge is 0.438 e. The van der Waals surface area contributed by atoms with Crippen molar-refractivity contribution in [2.75, 3.05) is 6.61 Å². The lowest BCUT2D eigenvalue weighted by Gasteiger charge is -2.52. The van der Waals surface area contributed by atoms with E-state index in [-0.39, 0.29) is 46.9 Å². The Labute approximate surface area is 381 Å². The van der Waals surface area contributed by atoms with E-state index in [4.69, 9.17) is 14.4 Å². The molecule has 1 amide bonds. The smallest absolute Gasteiger partial charge is 0.376 e. The molecule has 2 saturated heterocycles. The third-order valence-corrected chi connectivity index (χ3v) is 15.4. The molecule has 67 heavy (non-hydrogen) atoms. The Morgan fingerprint density at radius 3 is 2.39 bits per heavy atom. The summed E-state index contributed by atoms with van der Waals surface area (Å²) in [7, 11) is 0. The lowest BCUT2D eigenvalue weighted by Crippen LogP contribution is -2.58. The minimum atomic E-state index is -0.842. The quantitative estimate of drug-likeness (QED) is 0.161. The second-order valence-corrected chi connectivity index (χ2v) is 20.2. The normalized spacial score (nSPS) is 24.1. The third-order valence-electron chi connectivity index (χ3n) is 15.4. The number of hydrogen-bond donors (Lipinski definition) is 1. The van der Waals surface area contributed by atoms with E-state index in [1.165, 1.54) is 27.1 Å². The molecule has 17 heteroatoms. The Morgan fingerprint density at radius 1 is 0.910 bits per heavy atom. The highest BCUT2D eigenvalue weighted by Crippen LogP contribution is 2.57. The van der Waals surface area contributed by atoms with Gasteiger partial charge < -0.3 is 14.2 Å². The number of hydrogen-bond acceptors (Lipinski definition) is 8. The molecule has 3 aliphatic carbocycles. The first kappa shape index (κ1) is 40.4. The Bertz CT molecular complexity index is 3520. The van der Waals surface area contributed by atoms with Crippen molar-refractivity contribution in [2.45, 2.75) is 115 Å². The molecule has 2 aliphatic heterocycles. The molecule has 2 bridgehead atoms. The van der Waals surface area contributed by atoms with Crippen LogP contribution in [-0.4, -0.2) is 72.5 Å². The van der Waals surface area contributed by atoms with E-state index in [2.05, 4.69) is 58.8 Å². The predicted octanol–water partition coefficient (Wildman–Crippen LogP) is 7.99. The highest BCUT2D eigenvalue weighted by molar-refractivity contribution is 6.00. The van der Waals surface area contributed by atoms with Crippen molar-refractivity contribution >= 4 is 27.7 Å². The topological polar surface area (TPSA) is 156 Å². The van der Waals surface area contributed by atoms with E-state index in [1.54, 1.807) is 49.0 Å². The minimum Gasteiger partial charge on any atom is -0.376 e. The lowest BCUT2D eigenvalue weighted by atomic mass is 9.77. The van der Waals surface area contributed by atoms with Gasteiger partial charge in [0.05, 0.1) is 51.9 Å². The molecule has 7 heterocycles. The molecule has 5 unspecified atom stereocenters. The summed E-state index contributed by atoms with van der Waals surface area (Å²) >= 11 is 0. The van der Waals surface area contributed by atoms with E-state index < -0.39 is 28.8 Å². The Hall–Kier alpha value is -6.88. The molecule has 15 nitrogen and oxygen atoms in total. The maximum absolute atomic E-state index is 16.4. The molecule has 8 aromatic rings. The van der Waals surface area contributed by atoms with Crippen LogP contribution in [0.4, 0.5) is 8.78 Å². The molecule has 13 rings (SSSR count). The van der Waals surface area contributed by atoms with Gasteiger partial charge in [-0.1, -0.05) is 18.1 Å². The molecule has 4 fully saturated rings. The number of carbonyl (C=O) groups excluding carboxylic acids is 1. The number of amides is 1. The minimum absolute atomic E-state index is 0.0113. The summed E-state index contributed by atoms with van der Waals surface area (Å²) in [5, 5.41) is 15.0. The van der Waals surface area contributed by atoms with Crippen molar-refractivity contribution in [1.29, 1.82) is 0 Å². The van der Waals surface area contributed by atoms with Crippen LogP contribution in [0, 0.1) is 31.4 Å². The zero-order valence-electron chi connectivity index (χ0n) is 37.7. The molecule has 0 radical (unpaired) electrons. The first-order valence-electron chi connectivity index (χ1n) is 23.2. The fraction of sp³-hybridized carbons (Fsp3) is 0.400. The van der Waals surface area contributed by atoms with Crippen LogP contribution in [0.5, 0.6) is 0 Å². The van der Waals surface area contributed by atoms with Gasteiger partial charge in [-0.25, -0.2) is 23.1 Å². The van der Waals surface area contributed by atoms with Crippen LogP contribution < -0.4 is 11.4 Å². The van der Waals surface area contributed by atoms with E-state index in [1.807, 2.05) is 15.6 Å². The number of likely N-dealkylation sites (tertiary alicyclic amines) is 1. The van der Waals surface area contributed by atoms with Gasteiger partial charge in [0.15, 0.2) is 11.6 Å². The molecular formula is C50H48F2N10O5. The summed E-state index contributed by atoms with van der Waals surface area (Å²) in [5.41, 5.74) is 4.36. The van der Waals surface area contributed by atoms with Gasteiger partial charge in [0.2, 0.25) is 0 Å². The number of nitrogens with one attached hydrogen (secondary N) is 1. The number of halogens is 2. The van der Waals surface area contributed by atoms with Crippen LogP contribution in [0.25, 0.3) is 39.0 Å². The van der Waals surface area contributed by atoms with Gasteiger partial charge in [-0.3, -0.25) is 28.1 Å². The van der Waals surface area contributed by atoms with Crippen LogP contribution in [-0.2, 0) is 16.7 Å². The van der Waals surface area contributed by atoms with Crippen LogP contribution in [0.1, 0.15) is 122 Å². The molecule has 0 spiro atoms. The van der Waals surface area contributed by atoms with Gasteiger partial charge in [0, 0.05) is 47.9 Å². The summed E-state index contributed by atoms with van der Waals surface area (Å²) in [6.07, 6.45) is 10.0. The first-order valence-corrected chi connectivity index (χ1v) is 23.2. The molecule has 1 N–H and O–H groups in total. The monoisotopic (exact) mass is 906 g/mol. The molecule has 3 aromatic carbocycles. The van der Waals surface area contributed by atoms with Gasteiger partial charge in [-0.2, -0.15) is 10.2 Å². The maximum Gasteiger partial charge on any atom is 0.438 e. The fourth-order valence-corrected chi connectivity index (χ4v) is 11.9. The van der Waals surface area contributed by atoms with Crippen LogP contribution in [0.2, 0.25) is 0 Å². The predicted molar refractivity (Wildman–Crippen MR) is 242 cm³/mol. The lowest BCUT2D eigenvalue weighted by molar-refractivity contribution is -0.0592. The molecule has 2 saturated carbocycles. The second kappa shape index (κ2) is 13.8. The maximum atomic E-state index is 16.4. The average molecular weight is 907 g/mol. The SMILES string of the molecule is Cc1cc(-n2nc3c(c2-n2ccn(-c4ccc5c(cnn5C5CC5)c4F)c2=O)C2CC(C3)N2C(=O)c2cc3cc(C4CCOC(C)(C)C4)ccc3n2C2(c3noc(=O)[nH]3)CC2C)cc(C)c1F. The van der Waals surface area contributed by atoms with Crippen molar-refractivity contribution in [2.24, 2.45) is 5.92 Å². The fourth-order valence-electron chi connectivity index (χ4n) is 11.9. The summed E-state index contributed by atoms with van der Waals surface area (Å²) < 4.78 is 51.0. The van der Waals surface area contributed by atoms with Crippen LogP contribution in [0.15, 0.2) is 81.2 Å². The highest BCUT2D eigenvalue weighted by atomic mass is 19.1. The number of imidazole rings is 1. The van der Waals surface area contributed by atoms with E-state index >= 15 is 13.6 Å². The number of H-pyrrole nitrogens is 1. The number of fused-ring (bicyclic) bond motifs is 6. The van der Waals surface area contributed by atoms with E-state index in [0.717, 1.165) is 42.3 Å². The number of rotatable bonds is 8. The zero-order valence-corrected chi connectivity index (χ0v) is 37.7. The summed E-state index contributed by atoms with van der Waals surface area (Å²) in [5.74, 6) is -0.723. The number of aryl methyl sites for hydroxylation is 2. The van der Waals surface area contributed by atoms with Crippen molar-refractivity contribution in [1.82, 2.24) is 48.3 Å². The highest BCUT2D eigenvalue weighted by Gasteiger charge is 2.60. The van der Waals surface area contributed by atoms with E-state index in [0.29, 0.717) is 76.5 Å². The third kappa shape index (κ3) is 5.82. The molecular weight excluding hydrogens is 859 g/mol. The Morgan fingerprint density at radius 2 is 1.67 bits per heavy atom.